The van der Waals surface area contributed by atoms with Crippen LogP contribution < -0.4 is 17.0 Å². The van der Waals surface area contributed by atoms with E-state index in [1.54, 1.807) is 4.57 Å². The molecule has 8 atom stereocenters. The Morgan fingerprint density at radius 2 is 1.51 bits per heavy atom. The van der Waals surface area contributed by atoms with E-state index in [-0.39, 0.29) is 42.4 Å². The van der Waals surface area contributed by atoms with Gasteiger partial charge in [-0.1, -0.05) is 0 Å². The van der Waals surface area contributed by atoms with E-state index in [0.717, 1.165) is 0 Å². The Morgan fingerprint density at radius 1 is 0.884 bits per heavy atom. The molecule has 43 heavy (non-hydrogen) atoms. The average Bonchev–Trinajstić information content (AvgIpc) is 3.71. The Balaban J connectivity index is 1.13. The van der Waals surface area contributed by atoms with E-state index in [9.17, 15) is 19.1 Å². The van der Waals surface area contributed by atoms with Crippen molar-refractivity contribution < 1.29 is 41.9 Å². The van der Waals surface area contributed by atoms with Crippen LogP contribution in [0.3, 0.4) is 0 Å². The fourth-order valence-electron chi connectivity index (χ4n) is 5.24. The molecule has 0 spiro atoms. The Morgan fingerprint density at radius 3 is 2.23 bits per heavy atom. The molecular weight excluding hydrogens is 634 g/mol. The minimum Gasteiger partial charge on any atom is -0.382 e. The van der Waals surface area contributed by atoms with Crippen LogP contribution in [-0.2, 0) is 43.9 Å². The van der Waals surface area contributed by atoms with Crippen molar-refractivity contribution in [2.45, 2.75) is 49.7 Å². The average molecular weight is 658 g/mol. The van der Waals surface area contributed by atoms with Gasteiger partial charge in [0, 0.05) is 12.8 Å². The van der Waals surface area contributed by atoms with Crippen LogP contribution in [0.15, 0.2) is 23.8 Å². The van der Waals surface area contributed by atoms with E-state index < -0.39 is 63.6 Å². The first kappa shape index (κ1) is 28.8. The lowest BCUT2D eigenvalue weighted by molar-refractivity contribution is -0.0621. The molecule has 3 aliphatic heterocycles. The van der Waals surface area contributed by atoms with Crippen LogP contribution in [0, 0.1) is 0 Å². The van der Waals surface area contributed by atoms with Gasteiger partial charge in [-0.05, 0) is 11.8 Å². The molecule has 0 bridgehead atoms. The number of imidazole rings is 2. The first-order valence-electron chi connectivity index (χ1n) is 12.7. The van der Waals surface area contributed by atoms with Crippen LogP contribution in [0.5, 0.6) is 0 Å². The molecule has 3 aliphatic rings. The highest BCUT2D eigenvalue weighted by molar-refractivity contribution is 8.07. The number of nitrogen functional groups attached to an aromatic ring is 2. The molecule has 3 saturated heterocycles. The van der Waals surface area contributed by atoms with Gasteiger partial charge in [-0.25, -0.2) is 24.5 Å². The number of ether oxygens (including phenoxy) is 2. The van der Waals surface area contributed by atoms with E-state index in [2.05, 4.69) is 29.9 Å². The molecule has 0 saturated carbocycles. The maximum Gasteiger partial charge on any atom is 0.472 e. The van der Waals surface area contributed by atoms with Crippen LogP contribution in [0.4, 0.5) is 11.8 Å². The summed E-state index contributed by atoms with van der Waals surface area (Å²) in [6, 6.07) is 0. The molecule has 23 heteroatoms. The zero-order valence-electron chi connectivity index (χ0n) is 21.8. The molecule has 7 heterocycles. The zero-order chi connectivity index (χ0) is 30.1. The SMILES string of the molecule is Nc1nc2c(ncn2[C@H]2C[C@@H]3OP(O)(=S)OC[C@H]4O[C@@H](n5cnc6c(N)ncnc65)C[C@@H]4OP(=O)(O)OCC3O2)c(=O)[nH]1. The third kappa shape index (κ3) is 5.47. The number of fused-ring (bicyclic) bond motifs is 4. The highest BCUT2D eigenvalue weighted by Crippen LogP contribution is 2.53. The lowest BCUT2D eigenvalue weighted by atomic mass is 10.2. The molecule has 3 fully saturated rings. The van der Waals surface area contributed by atoms with Gasteiger partial charge in [0.25, 0.3) is 5.56 Å². The fraction of sp³-hybridized carbons (Fsp3) is 0.500. The minimum absolute atomic E-state index is 0.0224. The zero-order valence-corrected chi connectivity index (χ0v) is 24.4. The Bertz CT molecular complexity index is 1870. The molecule has 20 nitrogen and oxygen atoms in total. The summed E-state index contributed by atoms with van der Waals surface area (Å²) in [6.07, 6.45) is -1.44. The van der Waals surface area contributed by atoms with Crippen molar-refractivity contribution in [1.29, 1.82) is 0 Å². The summed E-state index contributed by atoms with van der Waals surface area (Å²) in [4.78, 5) is 56.7. The third-order valence-electron chi connectivity index (χ3n) is 7.16. The molecule has 4 aromatic heterocycles. The van der Waals surface area contributed by atoms with Crippen molar-refractivity contribution in [3.63, 3.8) is 0 Å². The Kier molecular flexibility index (Phi) is 7.10. The quantitative estimate of drug-likeness (QED) is 0.175. The van der Waals surface area contributed by atoms with Gasteiger partial charge in [0.2, 0.25) is 5.95 Å². The van der Waals surface area contributed by atoms with E-state index in [4.69, 9.17) is 50.8 Å². The van der Waals surface area contributed by atoms with Crippen molar-refractivity contribution in [3.05, 3.63) is 29.3 Å². The number of aromatic amines is 1. The second-order valence-electron chi connectivity index (χ2n) is 9.90. The second-order valence-corrected chi connectivity index (χ2v) is 14.1. The molecule has 3 unspecified atom stereocenters. The predicted octanol–water partition coefficient (Wildman–Crippen LogP) is -0.167. The summed E-state index contributed by atoms with van der Waals surface area (Å²) in [5.41, 5.74) is 11.9. The van der Waals surface area contributed by atoms with Crippen molar-refractivity contribution in [1.82, 2.24) is 39.0 Å². The van der Waals surface area contributed by atoms with Gasteiger partial charge >= 0.3 is 14.5 Å². The molecule has 0 radical (unpaired) electrons. The van der Waals surface area contributed by atoms with Crippen LogP contribution >= 0.6 is 14.5 Å². The fourth-order valence-corrected chi connectivity index (χ4v) is 7.67. The van der Waals surface area contributed by atoms with Crippen molar-refractivity contribution in [2.75, 3.05) is 24.7 Å². The Labute approximate surface area is 245 Å². The maximum absolute atomic E-state index is 13.1. The predicted molar refractivity (Wildman–Crippen MR) is 147 cm³/mol. The number of anilines is 2. The van der Waals surface area contributed by atoms with E-state index >= 15 is 0 Å². The number of aromatic nitrogens is 8. The van der Waals surface area contributed by atoms with Crippen LogP contribution in [-0.4, -0.2) is 86.5 Å². The van der Waals surface area contributed by atoms with E-state index in [1.165, 1.54) is 23.5 Å². The van der Waals surface area contributed by atoms with Gasteiger partial charge in [-0.3, -0.25) is 28.0 Å². The number of H-pyrrole nitrogens is 1. The van der Waals surface area contributed by atoms with Crippen LogP contribution in [0.2, 0.25) is 0 Å². The molecule has 7 rings (SSSR count). The molecular formula is C20H24N10O10P2S. The monoisotopic (exact) mass is 658 g/mol. The van der Waals surface area contributed by atoms with Gasteiger partial charge in [0.1, 0.15) is 42.6 Å². The molecule has 230 valence electrons. The van der Waals surface area contributed by atoms with Gasteiger partial charge in [-0.15, -0.1) is 0 Å². The summed E-state index contributed by atoms with van der Waals surface area (Å²) in [5.74, 6) is 0.0408. The first-order chi connectivity index (χ1) is 20.5. The van der Waals surface area contributed by atoms with Gasteiger partial charge in [-0.2, -0.15) is 4.98 Å². The third-order valence-corrected chi connectivity index (χ3v) is 9.76. The molecule has 0 aromatic carbocycles. The molecule has 0 aliphatic carbocycles. The number of nitrogens with two attached hydrogens (primary N) is 2. The second kappa shape index (κ2) is 10.6. The highest BCUT2D eigenvalue weighted by atomic mass is 32.5. The van der Waals surface area contributed by atoms with E-state index in [0.29, 0.717) is 11.2 Å². The van der Waals surface area contributed by atoms with Gasteiger partial charge in [0.05, 0.1) is 32.0 Å². The highest BCUT2D eigenvalue weighted by Gasteiger charge is 2.47. The number of phosphoric acid groups is 1. The number of rotatable bonds is 2. The maximum atomic E-state index is 13.1. The lowest BCUT2D eigenvalue weighted by Gasteiger charge is -2.28. The Hall–Kier alpha value is -2.94. The van der Waals surface area contributed by atoms with E-state index in [1.807, 2.05) is 0 Å². The van der Waals surface area contributed by atoms with Crippen molar-refractivity contribution in [3.8, 4) is 0 Å². The normalized spacial score (nSPS) is 35.4. The minimum atomic E-state index is -4.70. The molecule has 7 N–H and O–H groups in total. The summed E-state index contributed by atoms with van der Waals surface area (Å²) in [5, 5.41) is 0. The number of hydrogen-bond donors (Lipinski definition) is 5. The van der Waals surface area contributed by atoms with Crippen molar-refractivity contribution in [2.24, 2.45) is 0 Å². The summed E-state index contributed by atoms with van der Waals surface area (Å²) < 4.78 is 50.4. The van der Waals surface area contributed by atoms with Crippen LogP contribution in [0.1, 0.15) is 25.3 Å². The summed E-state index contributed by atoms with van der Waals surface area (Å²) in [7, 11) is -4.70. The number of nitrogens with one attached hydrogen (secondary N) is 1. The number of nitrogens with zero attached hydrogens (tertiary/aromatic N) is 7. The smallest absolute Gasteiger partial charge is 0.382 e. The standard InChI is InChI=1S/C20H24N10O10P2S/c21-16-14-17(24-5-23-16)29(6-25-14)12-1-8-11(38-12)4-36-42(34,43)40-9-2-13(37-10(9)3-35-41(32,33)39-8)30-7-26-15-18(30)27-20(22)28-19(15)31/h5-13H,1-4H2,(H,32,33)(H,34,43)(H2,21,23,24)(H3,22,27,28,31)/t8-,9-,10?,11+,12+,13+,42?/m0/s1. The van der Waals surface area contributed by atoms with Gasteiger partial charge < -0.3 is 39.8 Å². The van der Waals surface area contributed by atoms with Gasteiger partial charge in [0.15, 0.2) is 22.6 Å². The number of phosphoric ester groups is 1. The largest absolute Gasteiger partial charge is 0.472 e. The molecule has 4 aromatic rings. The van der Waals surface area contributed by atoms with Crippen LogP contribution in [0.25, 0.3) is 22.3 Å². The first-order valence-corrected chi connectivity index (χ1v) is 16.8. The number of hydrogen-bond acceptors (Lipinski definition) is 16. The topological polar surface area (TPSA) is 272 Å². The molecule has 0 amide bonds. The summed E-state index contributed by atoms with van der Waals surface area (Å²) in [6.45, 7) is -4.76. The lowest BCUT2D eigenvalue weighted by Crippen LogP contribution is -2.32. The summed E-state index contributed by atoms with van der Waals surface area (Å²) >= 11 is 5.28. The van der Waals surface area contributed by atoms with Crippen molar-refractivity contribution >= 4 is 60.4 Å².